The Morgan fingerprint density at radius 3 is 3.12 bits per heavy atom. The van der Waals surface area contributed by atoms with Crippen molar-refractivity contribution in [2.24, 2.45) is 0 Å². The Hall–Kier alpha value is -1.82. The first-order valence-electron chi connectivity index (χ1n) is 5.30. The molecule has 90 valence electrons. The molecular formula is C11H13N3O2S. The fourth-order valence-electron chi connectivity index (χ4n) is 1.26. The van der Waals surface area contributed by atoms with E-state index in [0.29, 0.717) is 13.2 Å². The molecule has 2 aromatic rings. The van der Waals surface area contributed by atoms with Gasteiger partial charge in [-0.3, -0.25) is 9.78 Å². The molecule has 0 amide bonds. The highest BCUT2D eigenvalue weighted by atomic mass is 32.1. The maximum atomic E-state index is 11.2. The topological polar surface area (TPSA) is 56.2 Å². The molecular weight excluding hydrogens is 238 g/mol. The van der Waals surface area contributed by atoms with Gasteiger partial charge in [0.15, 0.2) is 0 Å². The molecule has 0 bridgehead atoms. The maximum absolute atomic E-state index is 11.2. The van der Waals surface area contributed by atoms with Crippen LogP contribution in [0.5, 0.6) is 5.75 Å². The molecule has 17 heavy (non-hydrogen) atoms. The molecule has 0 saturated heterocycles. The lowest BCUT2D eigenvalue weighted by molar-refractivity contribution is 0.312. The van der Waals surface area contributed by atoms with Crippen molar-refractivity contribution in [3.8, 4) is 5.75 Å². The van der Waals surface area contributed by atoms with E-state index in [1.165, 1.54) is 21.7 Å². The summed E-state index contributed by atoms with van der Waals surface area (Å²) in [6.45, 7) is 1.29. The molecule has 0 aromatic carbocycles. The van der Waals surface area contributed by atoms with Crippen molar-refractivity contribution in [1.82, 2.24) is 9.05 Å². The summed E-state index contributed by atoms with van der Waals surface area (Å²) >= 11 is 1.35. The van der Waals surface area contributed by atoms with Crippen molar-refractivity contribution in [2.75, 3.05) is 18.6 Å². The first-order chi connectivity index (χ1) is 8.36. The zero-order chi connectivity index (χ0) is 11.9. The number of nitrogens with zero attached hydrogens (tertiary/aromatic N) is 2. The van der Waals surface area contributed by atoms with Crippen LogP contribution < -0.4 is 15.7 Å². The molecule has 6 heteroatoms. The van der Waals surface area contributed by atoms with Crippen LogP contribution in [0.3, 0.4) is 0 Å². The smallest absolute Gasteiger partial charge is 0.279 e. The Bertz CT molecular complexity index is 495. The van der Waals surface area contributed by atoms with Crippen molar-refractivity contribution < 1.29 is 4.74 Å². The van der Waals surface area contributed by atoms with E-state index < -0.39 is 0 Å². The molecule has 2 heterocycles. The highest BCUT2D eigenvalue weighted by Crippen LogP contribution is 2.05. The molecule has 5 nitrogen and oxygen atoms in total. The normalized spacial score (nSPS) is 10.1. The Morgan fingerprint density at radius 2 is 2.41 bits per heavy atom. The van der Waals surface area contributed by atoms with Crippen molar-refractivity contribution in [2.45, 2.75) is 6.42 Å². The molecule has 0 saturated carbocycles. The van der Waals surface area contributed by atoms with E-state index in [2.05, 4.69) is 10.4 Å². The number of hydrogen-bond donors (Lipinski definition) is 1. The van der Waals surface area contributed by atoms with Crippen LogP contribution >= 0.6 is 11.5 Å². The van der Waals surface area contributed by atoms with E-state index in [4.69, 9.17) is 4.74 Å². The molecule has 0 atom stereocenters. The van der Waals surface area contributed by atoms with E-state index >= 15 is 0 Å². The SMILES string of the molecule is O=c1ccsn1NCCCOc1cccnc1. The van der Waals surface area contributed by atoms with E-state index in [0.717, 1.165) is 12.2 Å². The van der Waals surface area contributed by atoms with Gasteiger partial charge in [0.1, 0.15) is 5.75 Å². The van der Waals surface area contributed by atoms with Gasteiger partial charge in [-0.05, 0) is 23.7 Å². The van der Waals surface area contributed by atoms with Crippen LogP contribution in [0.25, 0.3) is 0 Å². The maximum Gasteiger partial charge on any atom is 0.279 e. The first kappa shape index (κ1) is 11.7. The largest absolute Gasteiger partial charge is 0.492 e. The third-order valence-corrected chi connectivity index (χ3v) is 2.83. The second-order valence-electron chi connectivity index (χ2n) is 3.34. The number of hydrogen-bond acceptors (Lipinski definition) is 5. The average Bonchev–Trinajstić information content (AvgIpc) is 2.76. The molecule has 0 aliphatic heterocycles. The molecule has 2 aromatic heterocycles. The minimum Gasteiger partial charge on any atom is -0.492 e. The minimum absolute atomic E-state index is 0.0248. The third kappa shape index (κ3) is 3.60. The number of pyridine rings is 1. The molecule has 0 unspecified atom stereocenters. The molecule has 0 spiro atoms. The van der Waals surface area contributed by atoms with E-state index in [9.17, 15) is 4.79 Å². The van der Waals surface area contributed by atoms with Gasteiger partial charge < -0.3 is 10.2 Å². The first-order valence-corrected chi connectivity index (χ1v) is 6.13. The Balaban J connectivity index is 1.64. The van der Waals surface area contributed by atoms with Gasteiger partial charge in [0.2, 0.25) is 0 Å². The van der Waals surface area contributed by atoms with Crippen LogP contribution in [-0.4, -0.2) is 22.2 Å². The Morgan fingerprint density at radius 1 is 1.47 bits per heavy atom. The molecule has 1 N–H and O–H groups in total. The molecule has 0 radical (unpaired) electrons. The Labute approximate surface area is 103 Å². The minimum atomic E-state index is -0.0248. The summed E-state index contributed by atoms with van der Waals surface area (Å²) in [4.78, 5) is 15.1. The van der Waals surface area contributed by atoms with Gasteiger partial charge in [-0.15, -0.1) is 0 Å². The van der Waals surface area contributed by atoms with Gasteiger partial charge in [0, 0.05) is 30.6 Å². The number of aromatic nitrogens is 2. The zero-order valence-corrected chi connectivity index (χ0v) is 10.0. The summed E-state index contributed by atoms with van der Waals surface area (Å²) in [5.41, 5.74) is 2.98. The second-order valence-corrected chi connectivity index (χ2v) is 4.19. The predicted octanol–water partition coefficient (Wildman–Crippen LogP) is 1.32. The van der Waals surface area contributed by atoms with Gasteiger partial charge >= 0.3 is 0 Å². The summed E-state index contributed by atoms with van der Waals surface area (Å²) in [5.74, 6) is 0.765. The summed E-state index contributed by atoms with van der Waals surface area (Å²) < 4.78 is 6.97. The fourth-order valence-corrected chi connectivity index (χ4v) is 1.89. The van der Waals surface area contributed by atoms with Crippen LogP contribution in [0.15, 0.2) is 40.8 Å². The van der Waals surface area contributed by atoms with Gasteiger partial charge in [-0.1, -0.05) is 0 Å². The molecule has 2 rings (SSSR count). The van der Waals surface area contributed by atoms with Gasteiger partial charge in [-0.2, -0.15) is 4.07 Å². The summed E-state index contributed by atoms with van der Waals surface area (Å²) in [6.07, 6.45) is 4.20. The van der Waals surface area contributed by atoms with Crippen molar-refractivity contribution >= 4 is 11.5 Å². The highest BCUT2D eigenvalue weighted by molar-refractivity contribution is 7.04. The van der Waals surface area contributed by atoms with Gasteiger partial charge in [-0.25, -0.2) is 0 Å². The van der Waals surface area contributed by atoms with Crippen molar-refractivity contribution in [3.05, 3.63) is 46.3 Å². The van der Waals surface area contributed by atoms with Crippen LogP contribution in [0.2, 0.25) is 0 Å². The third-order valence-electron chi connectivity index (χ3n) is 2.06. The summed E-state index contributed by atoms with van der Waals surface area (Å²) in [7, 11) is 0. The molecule has 0 aliphatic rings. The summed E-state index contributed by atoms with van der Waals surface area (Å²) in [5, 5.41) is 1.75. The van der Waals surface area contributed by atoms with Crippen molar-refractivity contribution in [3.63, 3.8) is 0 Å². The van der Waals surface area contributed by atoms with Gasteiger partial charge in [0.25, 0.3) is 5.56 Å². The monoisotopic (exact) mass is 251 g/mol. The number of rotatable bonds is 6. The lowest BCUT2D eigenvalue weighted by Crippen LogP contribution is -2.24. The van der Waals surface area contributed by atoms with E-state index in [1.807, 2.05) is 12.1 Å². The van der Waals surface area contributed by atoms with Gasteiger partial charge in [0.05, 0.1) is 12.8 Å². The molecule has 0 fully saturated rings. The van der Waals surface area contributed by atoms with Crippen molar-refractivity contribution in [1.29, 1.82) is 0 Å². The number of ether oxygens (including phenoxy) is 1. The van der Waals surface area contributed by atoms with E-state index in [1.54, 1.807) is 17.8 Å². The average molecular weight is 251 g/mol. The Kier molecular flexibility index (Phi) is 4.15. The lowest BCUT2D eigenvalue weighted by atomic mass is 10.4. The van der Waals surface area contributed by atoms with Crippen LogP contribution in [0, 0.1) is 0 Å². The lowest BCUT2D eigenvalue weighted by Gasteiger charge is -2.07. The highest BCUT2D eigenvalue weighted by Gasteiger charge is 1.95. The number of nitrogens with one attached hydrogen (secondary N) is 1. The quantitative estimate of drug-likeness (QED) is 0.787. The van der Waals surface area contributed by atoms with Crippen LogP contribution in [-0.2, 0) is 0 Å². The zero-order valence-electron chi connectivity index (χ0n) is 9.20. The second kappa shape index (κ2) is 6.05. The standard InChI is InChI=1S/C11H13N3O2S/c15-11-4-8-17-14(11)13-6-2-7-16-10-3-1-5-12-9-10/h1,3-5,8-9,13H,2,6-7H2. The summed E-state index contributed by atoms with van der Waals surface area (Å²) in [6, 6.07) is 5.23. The molecule has 0 aliphatic carbocycles. The van der Waals surface area contributed by atoms with E-state index in [-0.39, 0.29) is 5.56 Å². The fraction of sp³-hybridized carbons (Fsp3) is 0.273. The van der Waals surface area contributed by atoms with Crippen LogP contribution in [0.4, 0.5) is 0 Å². The predicted molar refractivity (Wildman–Crippen MR) is 67.2 cm³/mol. The van der Waals surface area contributed by atoms with Crippen LogP contribution in [0.1, 0.15) is 6.42 Å².